The lowest BCUT2D eigenvalue weighted by Gasteiger charge is -2.06. The molecule has 0 atom stereocenters. The highest BCUT2D eigenvalue weighted by molar-refractivity contribution is 4.54. The zero-order chi connectivity index (χ0) is 20.4. The maximum atomic E-state index is 5.49. The van der Waals surface area contributed by atoms with Gasteiger partial charge >= 0.3 is 0 Å². The summed E-state index contributed by atoms with van der Waals surface area (Å²) in [7, 11) is 0. The number of rotatable bonds is 25. The number of hydrogen-bond acceptors (Lipinski definition) is 3. The average Bonchev–Trinajstić information content (AvgIpc) is 2.71. The zero-order valence-corrected chi connectivity index (χ0v) is 19.5. The van der Waals surface area contributed by atoms with Gasteiger partial charge in [-0.05, 0) is 58.4 Å². The van der Waals surface area contributed by atoms with Crippen LogP contribution in [0, 0.1) is 0 Å². The van der Waals surface area contributed by atoms with Crippen LogP contribution in [0.1, 0.15) is 129 Å². The van der Waals surface area contributed by atoms with Crippen LogP contribution in [-0.2, 0) is 0 Å². The topological polar surface area (TPSA) is 50.1 Å². The van der Waals surface area contributed by atoms with Crippen LogP contribution in [0.15, 0.2) is 0 Å². The van der Waals surface area contributed by atoms with Crippen LogP contribution in [0.3, 0.4) is 0 Å². The molecule has 3 heteroatoms. The second kappa shape index (κ2) is 26.9. The van der Waals surface area contributed by atoms with Crippen LogP contribution in [-0.4, -0.2) is 32.7 Å². The zero-order valence-electron chi connectivity index (χ0n) is 19.5. The largest absolute Gasteiger partial charge is 0.330 e. The molecule has 0 amide bonds. The molecule has 0 heterocycles. The van der Waals surface area contributed by atoms with Gasteiger partial charge in [0.1, 0.15) is 0 Å². The fourth-order valence-corrected chi connectivity index (χ4v) is 3.78. The van der Waals surface area contributed by atoms with Crippen molar-refractivity contribution in [2.75, 3.05) is 32.7 Å². The van der Waals surface area contributed by atoms with Gasteiger partial charge in [-0.2, -0.15) is 0 Å². The molecule has 28 heavy (non-hydrogen) atoms. The molecule has 4 N–H and O–H groups in total. The lowest BCUT2D eigenvalue weighted by Crippen LogP contribution is -2.23. The number of nitrogens with one attached hydrogen (secondary N) is 2. The van der Waals surface area contributed by atoms with Crippen molar-refractivity contribution in [1.82, 2.24) is 10.6 Å². The van der Waals surface area contributed by atoms with Crippen molar-refractivity contribution in [3.05, 3.63) is 0 Å². The van der Waals surface area contributed by atoms with Crippen LogP contribution in [0.4, 0.5) is 0 Å². The second-order valence-corrected chi connectivity index (χ2v) is 8.65. The van der Waals surface area contributed by atoms with Crippen molar-refractivity contribution in [3.63, 3.8) is 0 Å². The Kier molecular flexibility index (Phi) is 26.8. The van der Waals surface area contributed by atoms with Crippen LogP contribution in [0.5, 0.6) is 0 Å². The molecule has 0 bridgehead atoms. The monoisotopic (exact) mass is 397 g/mol. The molecule has 0 rings (SSSR count). The molecule has 0 aliphatic rings. The maximum absolute atomic E-state index is 5.49. The lowest BCUT2D eigenvalue weighted by atomic mass is 10.0. The standard InChI is InChI=1S/C25H55N3/c1-2-3-4-5-6-7-8-9-10-11-12-13-14-15-16-18-22-27-24-20-25-28-23-19-17-21-26/h27-28H,2-26H2,1H3. The van der Waals surface area contributed by atoms with Crippen LogP contribution in [0.25, 0.3) is 0 Å². The highest BCUT2D eigenvalue weighted by Gasteiger charge is 1.95. The highest BCUT2D eigenvalue weighted by atomic mass is 14.9. The van der Waals surface area contributed by atoms with E-state index in [0.29, 0.717) is 0 Å². The summed E-state index contributed by atoms with van der Waals surface area (Å²) in [5, 5.41) is 7.06. The van der Waals surface area contributed by atoms with Gasteiger partial charge in [0.2, 0.25) is 0 Å². The molecule has 0 fully saturated rings. The van der Waals surface area contributed by atoms with Crippen molar-refractivity contribution in [1.29, 1.82) is 0 Å². The van der Waals surface area contributed by atoms with E-state index in [9.17, 15) is 0 Å². The van der Waals surface area contributed by atoms with Gasteiger partial charge in [0, 0.05) is 0 Å². The lowest BCUT2D eigenvalue weighted by molar-refractivity contribution is 0.522. The highest BCUT2D eigenvalue weighted by Crippen LogP contribution is 2.13. The molecule has 0 aromatic rings. The molecule has 0 spiro atoms. The Bertz CT molecular complexity index is 232. The summed E-state index contributed by atoms with van der Waals surface area (Å²) in [4.78, 5) is 0. The van der Waals surface area contributed by atoms with Crippen molar-refractivity contribution in [2.45, 2.75) is 129 Å². The minimum absolute atomic E-state index is 0.822. The molecule has 0 aromatic carbocycles. The van der Waals surface area contributed by atoms with E-state index < -0.39 is 0 Å². The van der Waals surface area contributed by atoms with E-state index in [0.717, 1.165) is 32.6 Å². The molecular weight excluding hydrogens is 342 g/mol. The van der Waals surface area contributed by atoms with E-state index in [1.54, 1.807) is 0 Å². The van der Waals surface area contributed by atoms with E-state index >= 15 is 0 Å². The van der Waals surface area contributed by atoms with E-state index in [4.69, 9.17) is 5.73 Å². The second-order valence-electron chi connectivity index (χ2n) is 8.65. The Morgan fingerprint density at radius 3 is 1.11 bits per heavy atom. The van der Waals surface area contributed by atoms with Gasteiger partial charge in [-0.3, -0.25) is 0 Å². The Morgan fingerprint density at radius 1 is 0.393 bits per heavy atom. The van der Waals surface area contributed by atoms with Crippen molar-refractivity contribution < 1.29 is 0 Å². The third-order valence-corrected chi connectivity index (χ3v) is 5.72. The fraction of sp³-hybridized carbons (Fsp3) is 1.00. The maximum Gasteiger partial charge on any atom is -0.00368 e. The first-order chi connectivity index (χ1) is 13.9. The molecule has 0 aliphatic heterocycles. The van der Waals surface area contributed by atoms with Gasteiger partial charge in [0.15, 0.2) is 0 Å². The van der Waals surface area contributed by atoms with Gasteiger partial charge in [-0.1, -0.05) is 103 Å². The van der Waals surface area contributed by atoms with Crippen molar-refractivity contribution in [3.8, 4) is 0 Å². The molecule has 0 aromatic heterocycles. The Hall–Kier alpha value is -0.120. The van der Waals surface area contributed by atoms with Gasteiger partial charge in [-0.15, -0.1) is 0 Å². The van der Waals surface area contributed by atoms with E-state index in [-0.39, 0.29) is 0 Å². The fourth-order valence-electron chi connectivity index (χ4n) is 3.78. The predicted molar refractivity (Wildman–Crippen MR) is 128 cm³/mol. The summed E-state index contributed by atoms with van der Waals surface area (Å²) < 4.78 is 0. The SMILES string of the molecule is CCCCCCCCCCCCCCCCCCNCCCNCCCCN. The number of nitrogens with two attached hydrogens (primary N) is 1. The van der Waals surface area contributed by atoms with Crippen molar-refractivity contribution >= 4 is 0 Å². The van der Waals surface area contributed by atoms with Crippen LogP contribution >= 0.6 is 0 Å². The summed E-state index contributed by atoms with van der Waals surface area (Å²) in [6.07, 6.45) is 26.7. The Balaban J connectivity index is 2.96. The van der Waals surface area contributed by atoms with Gasteiger partial charge in [-0.25, -0.2) is 0 Å². The molecule has 0 radical (unpaired) electrons. The van der Waals surface area contributed by atoms with E-state index in [1.807, 2.05) is 0 Å². The normalized spacial score (nSPS) is 11.4. The molecule has 170 valence electrons. The third kappa shape index (κ3) is 25.9. The Labute approximate surface area is 178 Å². The molecular formula is C25H55N3. The third-order valence-electron chi connectivity index (χ3n) is 5.72. The average molecular weight is 398 g/mol. The van der Waals surface area contributed by atoms with Gasteiger partial charge in [0.05, 0.1) is 0 Å². The summed E-state index contributed by atoms with van der Waals surface area (Å²) in [5.41, 5.74) is 5.49. The summed E-state index contributed by atoms with van der Waals surface area (Å²) in [6.45, 7) is 7.73. The molecule has 0 saturated heterocycles. The summed E-state index contributed by atoms with van der Waals surface area (Å²) in [5.74, 6) is 0. The minimum Gasteiger partial charge on any atom is -0.330 e. The molecule has 3 nitrogen and oxygen atoms in total. The Morgan fingerprint density at radius 2 is 0.714 bits per heavy atom. The van der Waals surface area contributed by atoms with Gasteiger partial charge < -0.3 is 16.4 Å². The number of hydrogen-bond donors (Lipinski definition) is 3. The van der Waals surface area contributed by atoms with E-state index in [2.05, 4.69) is 17.6 Å². The summed E-state index contributed by atoms with van der Waals surface area (Å²) >= 11 is 0. The molecule has 0 aliphatic carbocycles. The first kappa shape index (κ1) is 27.9. The molecule has 0 saturated carbocycles. The smallest absolute Gasteiger partial charge is 0.00368 e. The quantitative estimate of drug-likeness (QED) is 0.153. The predicted octanol–water partition coefficient (Wildman–Crippen LogP) is 6.56. The van der Waals surface area contributed by atoms with Crippen LogP contribution in [0.2, 0.25) is 0 Å². The van der Waals surface area contributed by atoms with Gasteiger partial charge in [0.25, 0.3) is 0 Å². The first-order valence-corrected chi connectivity index (χ1v) is 13.0. The minimum atomic E-state index is 0.822. The van der Waals surface area contributed by atoms with Crippen molar-refractivity contribution in [2.24, 2.45) is 5.73 Å². The van der Waals surface area contributed by atoms with E-state index in [1.165, 1.54) is 122 Å². The number of unbranched alkanes of at least 4 members (excludes halogenated alkanes) is 16. The molecule has 0 unspecified atom stereocenters. The summed E-state index contributed by atoms with van der Waals surface area (Å²) in [6, 6.07) is 0. The first-order valence-electron chi connectivity index (χ1n) is 13.0. The van der Waals surface area contributed by atoms with Crippen LogP contribution < -0.4 is 16.4 Å².